The Kier molecular flexibility index (Phi) is 49.1. The fourth-order valence-corrected chi connectivity index (χ4v) is 18.3. The summed E-state index contributed by atoms with van der Waals surface area (Å²) in [5.74, 6) is -23.3. The zero-order valence-corrected chi connectivity index (χ0v) is 83.8. The Balaban J connectivity index is 1.37. The van der Waals surface area contributed by atoms with Crippen molar-refractivity contribution in [2.45, 2.75) is 298 Å². The predicted octanol–water partition coefficient (Wildman–Crippen LogP) is 0.742. The van der Waals surface area contributed by atoms with Gasteiger partial charge in [0.2, 0.25) is 106 Å². The molecule has 18 amide bonds. The minimum Gasteiger partial charge on any atom is -0.481 e. The van der Waals surface area contributed by atoms with Gasteiger partial charge in [-0.15, -0.1) is 11.8 Å². The Hall–Kier alpha value is -13.2. The van der Waals surface area contributed by atoms with Gasteiger partial charge in [-0.3, -0.25) is 91.1 Å². The van der Waals surface area contributed by atoms with Gasteiger partial charge in [0, 0.05) is 38.5 Å². The lowest BCUT2D eigenvalue weighted by Gasteiger charge is -2.32. The second-order valence-corrected chi connectivity index (χ2v) is 39.2. The average molecular weight is 2050 g/mol. The summed E-state index contributed by atoms with van der Waals surface area (Å²) in [5.41, 5.74) is 35.9. The maximum Gasteiger partial charge on any atom is 0.416 e. The van der Waals surface area contributed by atoms with Gasteiger partial charge in [0.25, 0.3) is 0 Å². The van der Waals surface area contributed by atoms with Crippen molar-refractivity contribution in [2.24, 2.45) is 58.1 Å². The number of hydrogen-bond donors (Lipinski definition) is 21. The minimum absolute atomic E-state index is 0.0322. The van der Waals surface area contributed by atoms with Gasteiger partial charge in [0.1, 0.15) is 90.6 Å². The Bertz CT molecular complexity index is 5060. The summed E-state index contributed by atoms with van der Waals surface area (Å²) in [6, 6.07) is 2.52. The first-order chi connectivity index (χ1) is 68.8. The molecule has 0 spiro atoms. The SMILES string of the molecule is CC(C)C[C@H]1NC(=O)[C@H](C)N(C)C(=O)[C@H](CCC(N)=O)NC(=O)[C@H](Cc2ccc(-c3ccccc3)cc2)NC(=O)[C@H](CCc2ccccc2)NC(=O)[C@H](Cc2cccc(C(F)(F)F)c2)NC(=O)[C@H](CC(=O)O)NC(=O)[C@H](CCC(N)=O)NC(=O)[C@H](CC2CCCCC2)NC(=O)CSC[C@@H](C(=O)N[C@@H](CCN)C(N)=O)NC(=O)[C@H](CCCN)NC(=O)[C@H](C(C)C)NC(=O)[C@H](CC2CCCCC2)NC(=O)[C@H](CCN)NC1=O. The third kappa shape index (κ3) is 40.4. The van der Waals surface area contributed by atoms with Crippen molar-refractivity contribution in [1.82, 2.24) is 79.3 Å². The predicted molar refractivity (Wildman–Crippen MR) is 533 cm³/mol. The first kappa shape index (κ1) is 119. The van der Waals surface area contributed by atoms with Crippen LogP contribution in [-0.2, 0) is 117 Å². The van der Waals surface area contributed by atoms with Crippen LogP contribution in [0, 0.1) is 23.7 Å². The van der Waals surface area contributed by atoms with Gasteiger partial charge in [0.15, 0.2) is 0 Å². The highest BCUT2D eigenvalue weighted by atomic mass is 32.2. The van der Waals surface area contributed by atoms with Crippen LogP contribution in [-0.4, -0.2) is 251 Å². The van der Waals surface area contributed by atoms with Gasteiger partial charge in [0.05, 0.1) is 17.7 Å². The molecule has 2 aliphatic carbocycles. The van der Waals surface area contributed by atoms with Gasteiger partial charge < -0.3 is 119 Å². The molecule has 7 rings (SSSR count). The van der Waals surface area contributed by atoms with Gasteiger partial charge >= 0.3 is 12.1 Å². The molecule has 27 N–H and O–H groups in total. The molecule has 4 aromatic carbocycles. The first-order valence-electron chi connectivity index (χ1n) is 49.5. The number of carbonyl (C=O) groups is 19. The van der Waals surface area contributed by atoms with Crippen LogP contribution in [0.15, 0.2) is 109 Å². The summed E-state index contributed by atoms with van der Waals surface area (Å²) in [7, 11) is 1.18. The van der Waals surface area contributed by atoms with E-state index in [2.05, 4.69) is 74.4 Å². The number of benzene rings is 4. The molecule has 0 unspecified atom stereocenters. The van der Waals surface area contributed by atoms with E-state index in [1.54, 1.807) is 94.4 Å². The lowest BCUT2D eigenvalue weighted by Crippen LogP contribution is -2.61. The van der Waals surface area contributed by atoms with E-state index in [-0.39, 0.29) is 101 Å². The van der Waals surface area contributed by atoms with Gasteiger partial charge in [-0.1, -0.05) is 195 Å². The largest absolute Gasteiger partial charge is 0.481 e. The first-order valence-corrected chi connectivity index (χ1v) is 50.6. The summed E-state index contributed by atoms with van der Waals surface area (Å²) in [4.78, 5) is 277. The smallest absolute Gasteiger partial charge is 0.416 e. The van der Waals surface area contributed by atoms with Crippen LogP contribution in [0.2, 0.25) is 0 Å². The molecule has 1 aliphatic heterocycles. The van der Waals surface area contributed by atoms with Crippen molar-refractivity contribution in [2.75, 3.05) is 38.2 Å². The number of alkyl halides is 3. The monoisotopic (exact) mass is 2050 g/mol. The number of hydrogen-bond acceptors (Lipinski definition) is 23. The molecule has 2 saturated carbocycles. The van der Waals surface area contributed by atoms with Crippen LogP contribution >= 0.6 is 11.8 Å². The molecule has 3 aliphatic rings. The van der Waals surface area contributed by atoms with E-state index in [1.807, 2.05) is 18.2 Å². The zero-order valence-electron chi connectivity index (χ0n) is 82.9. The minimum atomic E-state index is -5.00. The Morgan fingerprint density at radius 3 is 1.42 bits per heavy atom. The molecule has 41 nitrogen and oxygen atoms in total. The van der Waals surface area contributed by atoms with E-state index < -0.39 is 277 Å². The molecule has 796 valence electrons. The highest BCUT2D eigenvalue weighted by Gasteiger charge is 2.43. The summed E-state index contributed by atoms with van der Waals surface area (Å²) in [6.45, 7) is 7.53. The topological polar surface area (TPSA) is 672 Å². The molecule has 0 bridgehead atoms. The van der Waals surface area contributed by atoms with Crippen LogP contribution in [0.3, 0.4) is 0 Å². The number of likely N-dealkylation sites (N-methyl/N-ethyl adjacent to an activating group) is 1. The van der Waals surface area contributed by atoms with Crippen molar-refractivity contribution >= 4 is 124 Å². The quantitative estimate of drug-likeness (QED) is 0.0313. The Morgan fingerprint density at radius 1 is 0.455 bits per heavy atom. The zero-order chi connectivity index (χ0) is 107. The van der Waals surface area contributed by atoms with Gasteiger partial charge in [-0.05, 0) is 155 Å². The van der Waals surface area contributed by atoms with Gasteiger partial charge in [-0.2, -0.15) is 13.2 Å². The highest BCUT2D eigenvalue weighted by molar-refractivity contribution is 8.00. The summed E-state index contributed by atoms with van der Waals surface area (Å²) >= 11 is 0.734. The lowest BCUT2D eigenvalue weighted by molar-refractivity contribution is -0.143. The summed E-state index contributed by atoms with van der Waals surface area (Å²) < 4.78 is 43.9. The molecule has 15 atom stereocenters. The van der Waals surface area contributed by atoms with E-state index in [9.17, 15) is 75.8 Å². The van der Waals surface area contributed by atoms with E-state index >= 15 is 33.6 Å². The molecule has 0 radical (unpaired) electrons. The Labute approximate surface area is 845 Å². The molecule has 3 fully saturated rings. The molecular formula is C100H144F3N21O20S. The highest BCUT2D eigenvalue weighted by Crippen LogP contribution is 2.32. The van der Waals surface area contributed by atoms with Crippen LogP contribution in [0.4, 0.5) is 13.2 Å². The number of aliphatic carboxylic acids is 1. The third-order valence-electron chi connectivity index (χ3n) is 25.7. The van der Waals surface area contributed by atoms with Crippen LogP contribution in [0.25, 0.3) is 11.1 Å². The van der Waals surface area contributed by atoms with Gasteiger partial charge in [-0.25, -0.2) is 0 Å². The lowest BCUT2D eigenvalue weighted by atomic mass is 9.84. The number of carboxylic acids is 1. The third-order valence-corrected chi connectivity index (χ3v) is 26.8. The number of thioether (sulfide) groups is 1. The maximum atomic E-state index is 15.6. The molecule has 1 saturated heterocycles. The fraction of sp³-hybridized carbons (Fsp3) is 0.570. The Morgan fingerprint density at radius 2 is 0.897 bits per heavy atom. The summed E-state index contributed by atoms with van der Waals surface area (Å²) in [6.07, 6.45) is -3.93. The second kappa shape index (κ2) is 59.9. The maximum absolute atomic E-state index is 15.6. The van der Waals surface area contributed by atoms with Crippen molar-refractivity contribution in [3.05, 3.63) is 131 Å². The molecule has 1 heterocycles. The van der Waals surface area contributed by atoms with E-state index in [1.165, 1.54) is 14.0 Å². The normalized spacial score (nSPS) is 24.1. The summed E-state index contributed by atoms with van der Waals surface area (Å²) in [5, 5.41) is 46.8. The van der Waals surface area contributed by atoms with E-state index in [0.717, 1.165) is 60.0 Å². The number of nitrogens with two attached hydrogens (primary N) is 6. The standard InChI is InChI=1S/C100H144F3N21O20S/c1-56(2)47-73-91(136)114-71(43-46-106)90(135)119-76(50-61-25-15-9-16-26-61)96(141)123-84(57(3)4)98(143)115-68(31-20-44-104)87(132)122-79(97(142)111-67(42-45-105)85(109)130)54-145-55-82(127)110-74(49-60-23-13-8-14-24-60)92(137)113-70(38-40-80(107)125)89(134)121-78(53-83(128)129)95(140)120-77(52-63-27-19-30-66(48-63)100(101,102)103)93(138)112-69(37-34-59-21-11-7-12-22-59)88(133)118-75(51-62-32-35-65(36-33-62)64-28-17-10-18-29-64)94(139)116-72(39-41-81(108)126)99(144)124(6)58(5)86(131)117-73/h7,10-12,17-19,21-22,27-30,32-33,35-36,48,56-58,60-61,67-79,84H,8-9,13-16,20,23-26,31,34,37-47,49-55,104-106H2,1-6H3,(H2,107,125)(H2,108,126)(H2,109,130)(H,110,127)(H,111,142)(H,112,138)(H,113,137)(H,114,136)(H,115,143)(H,116,139)(H,117,131)(H,118,133)(H,119,135)(H,120,140)(H,121,134)(H,122,132)(H,123,141)(H,128,129)/t58-,67-,68-,69-,70-,71-,72-,73+,74-,75-,76-,77-,78-,79-,84-/m0/s1. The molecule has 4 aromatic rings. The number of nitrogens with zero attached hydrogens (tertiary/aromatic N) is 1. The molecule has 0 aromatic heterocycles. The number of nitrogens with one attached hydrogen (secondary N) is 14. The number of primary amides is 3. The van der Waals surface area contributed by atoms with Crippen LogP contribution in [0.1, 0.15) is 205 Å². The van der Waals surface area contributed by atoms with E-state index in [4.69, 9.17) is 34.4 Å². The number of carboxylic acid groups (broad SMARTS) is 1. The molecular weight excluding hydrogens is 1900 g/mol. The number of amides is 18. The average Bonchev–Trinajstić information content (AvgIpc) is 0.830. The van der Waals surface area contributed by atoms with Crippen LogP contribution in [0.5, 0.6) is 0 Å². The van der Waals surface area contributed by atoms with Crippen molar-refractivity contribution in [1.29, 1.82) is 0 Å². The number of aryl methyl sites for hydroxylation is 1. The number of rotatable bonds is 33. The van der Waals surface area contributed by atoms with Crippen molar-refractivity contribution in [3.63, 3.8) is 0 Å². The van der Waals surface area contributed by atoms with Crippen molar-refractivity contribution in [3.8, 4) is 11.1 Å². The number of carbonyl (C=O) groups excluding carboxylic acids is 18. The van der Waals surface area contributed by atoms with E-state index in [0.29, 0.717) is 67.3 Å². The second-order valence-electron chi connectivity index (χ2n) is 38.1. The molecule has 145 heavy (non-hydrogen) atoms. The molecule has 45 heteroatoms. The fourth-order valence-electron chi connectivity index (χ4n) is 17.5. The van der Waals surface area contributed by atoms with Crippen LogP contribution < -0.4 is 109 Å². The van der Waals surface area contributed by atoms with Crippen molar-refractivity contribution < 1.29 is 109 Å². The number of halogens is 3.